The Bertz CT molecular complexity index is 407. The van der Waals surface area contributed by atoms with Gasteiger partial charge in [-0.3, -0.25) is 0 Å². The molecule has 0 spiro atoms. The molecule has 0 fully saturated rings. The van der Waals surface area contributed by atoms with E-state index in [4.69, 9.17) is 0 Å². The van der Waals surface area contributed by atoms with Crippen LogP contribution in [0.5, 0.6) is 0 Å². The van der Waals surface area contributed by atoms with E-state index < -0.39 is 11.6 Å². The summed E-state index contributed by atoms with van der Waals surface area (Å²) < 4.78 is 26.8. The summed E-state index contributed by atoms with van der Waals surface area (Å²) in [4.78, 5) is 2.01. The van der Waals surface area contributed by atoms with Gasteiger partial charge in [0.25, 0.3) is 0 Å². The number of hydrogen-bond acceptors (Lipinski definition) is 1. The van der Waals surface area contributed by atoms with Crippen LogP contribution < -0.4 is 4.90 Å². The van der Waals surface area contributed by atoms with Crippen molar-refractivity contribution in [3.05, 3.63) is 29.8 Å². The summed E-state index contributed by atoms with van der Waals surface area (Å²) in [5, 5.41) is 0. The SMILES string of the molecule is CCCCN(CC(C)(C)CC)c1ccc(F)[c]c1F.[Ti]. The Morgan fingerprint density at radius 2 is 1.85 bits per heavy atom. The van der Waals surface area contributed by atoms with Crippen LogP contribution in [0.1, 0.15) is 47.0 Å². The van der Waals surface area contributed by atoms with Crippen LogP contribution in [0.2, 0.25) is 0 Å². The molecule has 0 saturated carbocycles. The molecule has 0 N–H and O–H groups in total. The zero-order valence-corrected chi connectivity index (χ0v) is 14.5. The van der Waals surface area contributed by atoms with Gasteiger partial charge < -0.3 is 4.90 Å². The molecule has 0 aromatic heterocycles. The number of halogens is 2. The van der Waals surface area contributed by atoms with Crippen molar-refractivity contribution in [1.29, 1.82) is 0 Å². The van der Waals surface area contributed by atoms with Gasteiger partial charge in [0, 0.05) is 34.8 Å². The summed E-state index contributed by atoms with van der Waals surface area (Å²) in [7, 11) is 0. The first-order chi connectivity index (χ1) is 8.89. The Balaban J connectivity index is 0.00000361. The summed E-state index contributed by atoms with van der Waals surface area (Å²) in [6.07, 6.45) is 3.06. The van der Waals surface area contributed by atoms with Gasteiger partial charge in [0.2, 0.25) is 0 Å². The first-order valence-corrected chi connectivity index (χ1v) is 7.02. The molecule has 0 amide bonds. The van der Waals surface area contributed by atoms with Crippen LogP contribution in [0, 0.1) is 23.1 Å². The molecule has 0 aliphatic carbocycles. The van der Waals surface area contributed by atoms with Crippen molar-refractivity contribution in [1.82, 2.24) is 0 Å². The van der Waals surface area contributed by atoms with E-state index in [-0.39, 0.29) is 27.1 Å². The number of rotatable bonds is 7. The monoisotopic (exact) mass is 316 g/mol. The van der Waals surface area contributed by atoms with Crippen LogP contribution in [0.4, 0.5) is 14.5 Å². The predicted molar refractivity (Wildman–Crippen MR) is 76.4 cm³/mol. The Hall–Kier alpha value is -0.406. The van der Waals surface area contributed by atoms with Gasteiger partial charge in [-0.1, -0.05) is 34.1 Å². The maximum Gasteiger partial charge on any atom is 0.157 e. The molecule has 0 saturated heterocycles. The minimum atomic E-state index is -0.647. The molecule has 0 bridgehead atoms. The smallest absolute Gasteiger partial charge is 0.157 e. The summed E-state index contributed by atoms with van der Waals surface area (Å²) in [5.41, 5.74) is 0.561. The van der Waals surface area contributed by atoms with Crippen molar-refractivity contribution in [3.63, 3.8) is 0 Å². The van der Waals surface area contributed by atoms with Crippen LogP contribution in [0.15, 0.2) is 12.1 Å². The largest absolute Gasteiger partial charge is 0.369 e. The third-order valence-electron chi connectivity index (χ3n) is 3.54. The number of unbranched alkanes of at least 4 members (excludes halogenated alkanes) is 1. The Labute approximate surface area is 136 Å². The Kier molecular flexibility index (Phi) is 8.61. The molecule has 0 aliphatic rings. The normalized spacial score (nSPS) is 11.1. The van der Waals surface area contributed by atoms with E-state index >= 15 is 0 Å². The van der Waals surface area contributed by atoms with Crippen molar-refractivity contribution in [3.8, 4) is 0 Å². The van der Waals surface area contributed by atoms with Crippen LogP contribution in [0.25, 0.3) is 0 Å². The van der Waals surface area contributed by atoms with Gasteiger partial charge in [-0.15, -0.1) is 0 Å². The van der Waals surface area contributed by atoms with Gasteiger partial charge in [0.05, 0.1) is 11.8 Å². The summed E-state index contributed by atoms with van der Waals surface area (Å²) in [6.45, 7) is 10.1. The Morgan fingerprint density at radius 3 is 2.35 bits per heavy atom. The fourth-order valence-corrected chi connectivity index (χ4v) is 1.94. The topological polar surface area (TPSA) is 3.24 Å². The third-order valence-corrected chi connectivity index (χ3v) is 3.54. The van der Waals surface area contributed by atoms with Gasteiger partial charge >= 0.3 is 0 Å². The molecule has 1 radical (unpaired) electrons. The van der Waals surface area contributed by atoms with E-state index in [1.165, 1.54) is 12.1 Å². The molecule has 1 aromatic rings. The number of anilines is 1. The summed E-state index contributed by atoms with van der Waals surface area (Å²) in [5.74, 6) is -1.24. The molecule has 0 heterocycles. The number of nitrogens with zero attached hydrogens (tertiary/aromatic N) is 1. The van der Waals surface area contributed by atoms with Gasteiger partial charge in [0.1, 0.15) is 5.82 Å². The van der Waals surface area contributed by atoms with Gasteiger partial charge in [-0.05, 0) is 30.4 Å². The van der Waals surface area contributed by atoms with Crippen molar-refractivity contribution in [2.24, 2.45) is 5.41 Å². The van der Waals surface area contributed by atoms with Crippen molar-refractivity contribution >= 4 is 5.69 Å². The molecule has 0 aliphatic heterocycles. The standard InChI is InChI=1S/C16H24F2N.Ti/c1-5-7-10-19(12-16(3,4)6-2)15-9-8-13(17)11-14(15)18;/h8-9H,5-7,10,12H2,1-4H3;. The van der Waals surface area contributed by atoms with Gasteiger partial charge in [-0.2, -0.15) is 0 Å². The second-order valence-electron chi connectivity index (χ2n) is 5.80. The first kappa shape index (κ1) is 19.6. The summed E-state index contributed by atoms with van der Waals surface area (Å²) >= 11 is 0. The van der Waals surface area contributed by atoms with Crippen LogP contribution in [0.3, 0.4) is 0 Å². The summed E-state index contributed by atoms with van der Waals surface area (Å²) in [6, 6.07) is 4.91. The molecule has 0 atom stereocenters. The quantitative estimate of drug-likeness (QED) is 0.653. The first-order valence-electron chi connectivity index (χ1n) is 7.02. The third kappa shape index (κ3) is 5.93. The van der Waals surface area contributed by atoms with Crippen LogP contribution in [-0.4, -0.2) is 13.1 Å². The van der Waals surface area contributed by atoms with Gasteiger partial charge in [-0.25, -0.2) is 8.78 Å². The van der Waals surface area contributed by atoms with Gasteiger partial charge in [0.15, 0.2) is 5.82 Å². The minimum Gasteiger partial charge on any atom is -0.369 e. The molecular weight excluding hydrogens is 292 g/mol. The molecule has 1 aromatic carbocycles. The van der Waals surface area contributed by atoms with E-state index in [1.54, 1.807) is 0 Å². The number of hydrogen-bond donors (Lipinski definition) is 0. The zero-order chi connectivity index (χ0) is 14.5. The second-order valence-corrected chi connectivity index (χ2v) is 5.80. The molecule has 111 valence electrons. The molecular formula is C16H24F2NTi. The van der Waals surface area contributed by atoms with Crippen molar-refractivity contribution in [2.75, 3.05) is 18.0 Å². The average molecular weight is 316 g/mol. The van der Waals surface area contributed by atoms with E-state index in [9.17, 15) is 8.78 Å². The fraction of sp³-hybridized carbons (Fsp3) is 0.625. The fourth-order valence-electron chi connectivity index (χ4n) is 1.94. The minimum absolute atomic E-state index is 0. The molecule has 1 rings (SSSR count). The van der Waals surface area contributed by atoms with E-state index in [1.807, 2.05) is 4.90 Å². The predicted octanol–water partition coefficient (Wildman–Crippen LogP) is 4.81. The molecule has 4 heteroatoms. The maximum atomic E-state index is 13.9. The molecule has 1 nitrogen and oxygen atoms in total. The van der Waals surface area contributed by atoms with Crippen molar-refractivity contribution < 1.29 is 30.5 Å². The zero-order valence-electron chi connectivity index (χ0n) is 12.9. The number of benzene rings is 1. The molecule has 0 unspecified atom stereocenters. The maximum absolute atomic E-state index is 13.9. The van der Waals surface area contributed by atoms with Crippen molar-refractivity contribution in [2.45, 2.75) is 47.0 Å². The Morgan fingerprint density at radius 1 is 1.20 bits per heavy atom. The van der Waals surface area contributed by atoms with E-state index in [0.29, 0.717) is 5.69 Å². The van der Waals surface area contributed by atoms with Crippen LogP contribution >= 0.6 is 0 Å². The van der Waals surface area contributed by atoms with Crippen LogP contribution in [-0.2, 0) is 21.7 Å². The second kappa shape index (κ2) is 8.79. The molecule has 20 heavy (non-hydrogen) atoms. The van der Waals surface area contributed by atoms with E-state index in [2.05, 4.69) is 33.8 Å². The average Bonchev–Trinajstić information content (AvgIpc) is 2.35. The van der Waals surface area contributed by atoms with E-state index in [0.717, 1.165) is 32.4 Å².